The number of hydrogen-bond acceptors (Lipinski definition) is 3. The van der Waals surface area contributed by atoms with E-state index in [-0.39, 0.29) is 6.04 Å². The fourth-order valence-corrected chi connectivity index (χ4v) is 3.41. The van der Waals surface area contributed by atoms with Gasteiger partial charge < -0.3 is 14.0 Å². The van der Waals surface area contributed by atoms with Crippen LogP contribution in [-0.4, -0.2) is 29.7 Å². The third-order valence-electron chi connectivity index (χ3n) is 4.69. The highest BCUT2D eigenvalue weighted by molar-refractivity contribution is 5.93. The van der Waals surface area contributed by atoms with Gasteiger partial charge in [0.2, 0.25) is 5.90 Å². The smallest absolute Gasteiger partial charge is 0.233 e. The summed E-state index contributed by atoms with van der Waals surface area (Å²) in [5, 5.41) is 0. The quantitative estimate of drug-likeness (QED) is 0.629. The van der Waals surface area contributed by atoms with Gasteiger partial charge >= 0.3 is 0 Å². The van der Waals surface area contributed by atoms with Crippen LogP contribution in [0.15, 0.2) is 77.9 Å². The summed E-state index contributed by atoms with van der Waals surface area (Å²) in [6.45, 7) is 4.02. The van der Waals surface area contributed by atoms with Gasteiger partial charge in [-0.2, -0.15) is 0 Å². The standard InChI is InChI=1S/C23H24N2O2/c1-2-26-22-13-7-6-11-19(22)16-25-14-8-12-21(25)23-24-20(17-27-23)15-18-9-4-3-5-10-18/h3-14,20H,2,15-17H2,1H3/t20-/m0/s1. The summed E-state index contributed by atoms with van der Waals surface area (Å²) in [5.74, 6) is 1.66. The molecule has 1 atom stereocenters. The molecule has 4 nitrogen and oxygen atoms in total. The van der Waals surface area contributed by atoms with Crippen molar-refractivity contribution in [3.63, 3.8) is 0 Å². The van der Waals surface area contributed by atoms with Gasteiger partial charge in [-0.15, -0.1) is 0 Å². The second-order valence-corrected chi connectivity index (χ2v) is 6.65. The average molecular weight is 360 g/mol. The molecule has 0 aliphatic carbocycles. The Morgan fingerprint density at radius 1 is 1.04 bits per heavy atom. The highest BCUT2D eigenvalue weighted by Gasteiger charge is 2.22. The van der Waals surface area contributed by atoms with Gasteiger partial charge in [-0.05, 0) is 37.1 Å². The van der Waals surface area contributed by atoms with Crippen LogP contribution in [0.2, 0.25) is 0 Å². The first-order valence-electron chi connectivity index (χ1n) is 9.44. The highest BCUT2D eigenvalue weighted by Crippen LogP contribution is 2.22. The third-order valence-corrected chi connectivity index (χ3v) is 4.69. The van der Waals surface area contributed by atoms with E-state index in [4.69, 9.17) is 14.5 Å². The molecule has 0 amide bonds. The predicted octanol–water partition coefficient (Wildman–Crippen LogP) is 4.32. The zero-order valence-corrected chi connectivity index (χ0v) is 15.5. The Balaban J connectivity index is 1.52. The molecule has 4 heteroatoms. The molecule has 0 saturated carbocycles. The molecule has 0 spiro atoms. The van der Waals surface area contributed by atoms with Crippen molar-refractivity contribution in [2.75, 3.05) is 13.2 Å². The number of hydrogen-bond donors (Lipinski definition) is 0. The molecule has 0 unspecified atom stereocenters. The van der Waals surface area contributed by atoms with Crippen LogP contribution in [-0.2, 0) is 17.7 Å². The van der Waals surface area contributed by atoms with Gasteiger partial charge in [-0.25, -0.2) is 4.99 Å². The molecule has 1 aliphatic heterocycles. The highest BCUT2D eigenvalue weighted by atomic mass is 16.5. The lowest BCUT2D eigenvalue weighted by Crippen LogP contribution is -2.11. The predicted molar refractivity (Wildman–Crippen MR) is 108 cm³/mol. The number of aromatic nitrogens is 1. The van der Waals surface area contributed by atoms with Crippen LogP contribution in [0.25, 0.3) is 0 Å². The molecule has 0 bridgehead atoms. The zero-order chi connectivity index (χ0) is 18.5. The van der Waals surface area contributed by atoms with Crippen molar-refractivity contribution >= 4 is 5.90 Å². The van der Waals surface area contributed by atoms with Gasteiger partial charge in [0.1, 0.15) is 18.1 Å². The van der Waals surface area contributed by atoms with Crippen molar-refractivity contribution in [2.24, 2.45) is 4.99 Å². The van der Waals surface area contributed by atoms with Gasteiger partial charge in [0.25, 0.3) is 0 Å². The van der Waals surface area contributed by atoms with E-state index >= 15 is 0 Å². The molecule has 4 rings (SSSR count). The first kappa shape index (κ1) is 17.4. The lowest BCUT2D eigenvalue weighted by Gasteiger charge is -2.13. The Labute approximate surface area is 160 Å². The number of benzene rings is 2. The van der Waals surface area contributed by atoms with Crippen molar-refractivity contribution in [2.45, 2.75) is 25.9 Å². The molecule has 1 aliphatic rings. The minimum absolute atomic E-state index is 0.168. The molecule has 0 fully saturated rings. The molecular weight excluding hydrogens is 336 g/mol. The number of nitrogens with zero attached hydrogens (tertiary/aromatic N) is 2. The van der Waals surface area contributed by atoms with E-state index in [0.717, 1.165) is 35.9 Å². The maximum absolute atomic E-state index is 5.94. The average Bonchev–Trinajstić information content (AvgIpc) is 3.34. The molecule has 27 heavy (non-hydrogen) atoms. The topological polar surface area (TPSA) is 35.8 Å². The van der Waals surface area contributed by atoms with E-state index in [9.17, 15) is 0 Å². The van der Waals surface area contributed by atoms with E-state index in [2.05, 4.69) is 47.2 Å². The summed E-state index contributed by atoms with van der Waals surface area (Å²) in [7, 11) is 0. The van der Waals surface area contributed by atoms with Gasteiger partial charge in [0, 0.05) is 11.8 Å². The summed E-state index contributed by atoms with van der Waals surface area (Å²) in [5.41, 5.74) is 3.45. The first-order valence-corrected chi connectivity index (χ1v) is 9.44. The Bertz CT molecular complexity index is 915. The van der Waals surface area contributed by atoms with Gasteiger partial charge in [-0.1, -0.05) is 48.5 Å². The van der Waals surface area contributed by atoms with Crippen LogP contribution < -0.4 is 4.74 Å². The molecule has 0 saturated heterocycles. The van der Waals surface area contributed by atoms with Gasteiger partial charge in [0.05, 0.1) is 19.2 Å². The fraction of sp³-hybridized carbons (Fsp3) is 0.261. The van der Waals surface area contributed by atoms with Crippen LogP contribution in [0, 0.1) is 0 Å². The van der Waals surface area contributed by atoms with E-state index in [1.165, 1.54) is 5.56 Å². The van der Waals surface area contributed by atoms with E-state index in [0.29, 0.717) is 13.2 Å². The monoisotopic (exact) mass is 360 g/mol. The number of ether oxygens (including phenoxy) is 2. The molecule has 2 aromatic carbocycles. The lowest BCUT2D eigenvalue weighted by molar-refractivity contribution is 0.315. The van der Waals surface area contributed by atoms with Crippen molar-refractivity contribution in [1.82, 2.24) is 4.57 Å². The summed E-state index contributed by atoms with van der Waals surface area (Å²) < 4.78 is 13.9. The number of aliphatic imine (C=N–C) groups is 1. The van der Waals surface area contributed by atoms with Crippen LogP contribution in [0.1, 0.15) is 23.7 Å². The fourth-order valence-electron chi connectivity index (χ4n) is 3.41. The summed E-state index contributed by atoms with van der Waals surface area (Å²) in [6.07, 6.45) is 2.96. The van der Waals surface area contributed by atoms with Crippen LogP contribution >= 0.6 is 0 Å². The first-order chi connectivity index (χ1) is 13.3. The molecule has 2 heterocycles. The van der Waals surface area contributed by atoms with E-state index in [1.54, 1.807) is 0 Å². The molecular formula is C23H24N2O2. The SMILES string of the molecule is CCOc1ccccc1Cn1cccc1C1=N[C@@H](Cc2ccccc2)CO1. The largest absolute Gasteiger partial charge is 0.494 e. The van der Waals surface area contributed by atoms with E-state index < -0.39 is 0 Å². The number of para-hydroxylation sites is 1. The lowest BCUT2D eigenvalue weighted by atomic mass is 10.1. The van der Waals surface area contributed by atoms with Crippen molar-refractivity contribution in [1.29, 1.82) is 0 Å². The molecule has 3 aromatic rings. The minimum Gasteiger partial charge on any atom is -0.494 e. The number of rotatable bonds is 7. The van der Waals surface area contributed by atoms with Crippen molar-refractivity contribution in [3.8, 4) is 5.75 Å². The molecule has 138 valence electrons. The van der Waals surface area contributed by atoms with E-state index in [1.807, 2.05) is 37.3 Å². The third kappa shape index (κ3) is 4.05. The second-order valence-electron chi connectivity index (χ2n) is 6.65. The van der Waals surface area contributed by atoms with Crippen molar-refractivity contribution in [3.05, 3.63) is 89.7 Å². The summed E-state index contributed by atoms with van der Waals surface area (Å²) in [6, 6.07) is 22.9. The maximum Gasteiger partial charge on any atom is 0.233 e. The van der Waals surface area contributed by atoms with Gasteiger partial charge in [0.15, 0.2) is 0 Å². The Kier molecular flexibility index (Phi) is 5.24. The normalized spacial score (nSPS) is 16.0. The van der Waals surface area contributed by atoms with Crippen LogP contribution in [0.3, 0.4) is 0 Å². The maximum atomic E-state index is 5.94. The van der Waals surface area contributed by atoms with Crippen LogP contribution in [0.5, 0.6) is 5.75 Å². The zero-order valence-electron chi connectivity index (χ0n) is 15.5. The molecule has 1 aromatic heterocycles. The Hall–Kier alpha value is -3.01. The summed E-state index contributed by atoms with van der Waals surface area (Å²) in [4.78, 5) is 4.83. The summed E-state index contributed by atoms with van der Waals surface area (Å²) >= 11 is 0. The molecule has 0 radical (unpaired) electrons. The molecule has 0 N–H and O–H groups in total. The van der Waals surface area contributed by atoms with Crippen molar-refractivity contribution < 1.29 is 9.47 Å². The Morgan fingerprint density at radius 3 is 2.70 bits per heavy atom. The van der Waals surface area contributed by atoms with Gasteiger partial charge in [-0.3, -0.25) is 0 Å². The Morgan fingerprint density at radius 2 is 1.85 bits per heavy atom. The second kappa shape index (κ2) is 8.12. The van der Waals surface area contributed by atoms with Crippen LogP contribution in [0.4, 0.5) is 0 Å². The minimum atomic E-state index is 0.168.